The maximum absolute atomic E-state index is 12.2. The predicted molar refractivity (Wildman–Crippen MR) is 101 cm³/mol. The monoisotopic (exact) mass is 388 g/mol. The van der Waals surface area contributed by atoms with Crippen molar-refractivity contribution in [3.05, 3.63) is 58.1 Å². The molecule has 2 aromatic carbocycles. The number of hydrogen-bond acceptors (Lipinski definition) is 2. The normalized spacial score (nSPS) is 10.3. The highest BCUT2D eigenvalue weighted by molar-refractivity contribution is 9.10. The molecule has 2 rings (SSSR count). The smallest absolute Gasteiger partial charge is 0.226 e. The van der Waals surface area contributed by atoms with E-state index in [1.54, 1.807) is 4.90 Å². The predicted octanol–water partition coefficient (Wildman–Crippen LogP) is 4.45. The van der Waals surface area contributed by atoms with Gasteiger partial charge in [-0.2, -0.15) is 0 Å². The van der Waals surface area contributed by atoms with Crippen LogP contribution in [-0.4, -0.2) is 18.4 Å². The van der Waals surface area contributed by atoms with Gasteiger partial charge in [-0.1, -0.05) is 33.6 Å². The molecule has 0 aliphatic rings. The van der Waals surface area contributed by atoms with Gasteiger partial charge in [-0.05, 0) is 49.7 Å². The van der Waals surface area contributed by atoms with Crippen LogP contribution in [-0.2, 0) is 9.59 Å². The molecule has 0 saturated carbocycles. The van der Waals surface area contributed by atoms with E-state index < -0.39 is 0 Å². The molecule has 0 fully saturated rings. The molecule has 0 aromatic heterocycles. The highest BCUT2D eigenvalue weighted by Crippen LogP contribution is 2.20. The Kier molecular flexibility index (Phi) is 6.15. The number of halogens is 1. The summed E-state index contributed by atoms with van der Waals surface area (Å²) in [5, 5.41) is 2.91. The van der Waals surface area contributed by atoms with E-state index in [0.717, 1.165) is 27.0 Å². The van der Waals surface area contributed by atoms with Crippen LogP contribution in [0.4, 0.5) is 11.4 Å². The van der Waals surface area contributed by atoms with Gasteiger partial charge < -0.3 is 10.2 Å². The van der Waals surface area contributed by atoms with Crippen LogP contribution < -0.4 is 10.2 Å². The first-order valence-electron chi connectivity index (χ1n) is 7.77. The number of benzene rings is 2. The first kappa shape index (κ1) is 18.2. The van der Waals surface area contributed by atoms with E-state index in [1.165, 1.54) is 6.92 Å². The molecule has 2 aromatic rings. The fourth-order valence-corrected chi connectivity index (χ4v) is 2.73. The summed E-state index contributed by atoms with van der Waals surface area (Å²) in [7, 11) is 0. The molecule has 5 heteroatoms. The fourth-order valence-electron chi connectivity index (χ4n) is 2.47. The molecule has 0 bridgehead atoms. The quantitative estimate of drug-likeness (QED) is 0.822. The Balaban J connectivity index is 2.00. The van der Waals surface area contributed by atoms with Crippen LogP contribution in [0.2, 0.25) is 0 Å². The summed E-state index contributed by atoms with van der Waals surface area (Å²) in [5.41, 5.74) is 3.77. The van der Waals surface area contributed by atoms with Crippen molar-refractivity contribution < 1.29 is 9.59 Å². The minimum atomic E-state index is -0.106. The average molecular weight is 389 g/mol. The number of aryl methyl sites for hydroxylation is 2. The van der Waals surface area contributed by atoms with Crippen molar-refractivity contribution in [3.63, 3.8) is 0 Å². The Hall–Kier alpha value is -2.14. The van der Waals surface area contributed by atoms with E-state index in [1.807, 2.05) is 56.3 Å². The summed E-state index contributed by atoms with van der Waals surface area (Å²) in [6.45, 7) is 5.83. The molecule has 0 radical (unpaired) electrons. The van der Waals surface area contributed by atoms with Gasteiger partial charge in [0.2, 0.25) is 11.8 Å². The van der Waals surface area contributed by atoms with Crippen molar-refractivity contribution >= 4 is 39.1 Å². The molecule has 0 spiro atoms. The maximum Gasteiger partial charge on any atom is 0.226 e. The zero-order chi connectivity index (χ0) is 17.7. The van der Waals surface area contributed by atoms with Crippen molar-refractivity contribution in [1.82, 2.24) is 0 Å². The highest BCUT2D eigenvalue weighted by atomic mass is 79.9. The second kappa shape index (κ2) is 8.11. The highest BCUT2D eigenvalue weighted by Gasteiger charge is 2.14. The molecular formula is C19H21BrN2O2. The van der Waals surface area contributed by atoms with Crippen LogP contribution in [0.5, 0.6) is 0 Å². The summed E-state index contributed by atoms with van der Waals surface area (Å²) in [6, 6.07) is 13.4. The van der Waals surface area contributed by atoms with Crippen LogP contribution >= 0.6 is 15.9 Å². The number of carbonyl (C=O) groups is 2. The standard InChI is InChI=1S/C19H21BrN2O2/c1-13-4-9-18(14(2)12-13)21-19(24)10-11-22(15(3)23)17-7-5-16(20)6-8-17/h4-9,12H,10-11H2,1-3H3,(H,21,24). The zero-order valence-corrected chi connectivity index (χ0v) is 15.7. The molecule has 0 heterocycles. The van der Waals surface area contributed by atoms with Gasteiger partial charge in [-0.15, -0.1) is 0 Å². The first-order chi connectivity index (χ1) is 11.4. The van der Waals surface area contributed by atoms with Crippen LogP contribution in [0.1, 0.15) is 24.5 Å². The van der Waals surface area contributed by atoms with Gasteiger partial charge >= 0.3 is 0 Å². The van der Waals surface area contributed by atoms with Crippen LogP contribution in [0.3, 0.4) is 0 Å². The van der Waals surface area contributed by atoms with Crippen molar-refractivity contribution in [2.75, 3.05) is 16.8 Å². The fraction of sp³-hybridized carbons (Fsp3) is 0.263. The first-order valence-corrected chi connectivity index (χ1v) is 8.57. The lowest BCUT2D eigenvalue weighted by Gasteiger charge is -2.21. The summed E-state index contributed by atoms with van der Waals surface area (Å²) in [4.78, 5) is 25.7. The lowest BCUT2D eigenvalue weighted by atomic mass is 10.1. The second-order valence-electron chi connectivity index (χ2n) is 5.76. The number of rotatable bonds is 5. The lowest BCUT2D eigenvalue weighted by Crippen LogP contribution is -2.31. The Bertz CT molecular complexity index is 742. The van der Waals surface area contributed by atoms with Crippen LogP contribution in [0.25, 0.3) is 0 Å². The van der Waals surface area contributed by atoms with E-state index in [9.17, 15) is 9.59 Å². The topological polar surface area (TPSA) is 49.4 Å². The molecule has 126 valence electrons. The minimum Gasteiger partial charge on any atom is -0.326 e. The SMILES string of the molecule is CC(=O)N(CCC(=O)Nc1ccc(C)cc1C)c1ccc(Br)cc1. The number of nitrogens with one attached hydrogen (secondary N) is 1. The number of carbonyl (C=O) groups excluding carboxylic acids is 2. The van der Waals surface area contributed by atoms with Gasteiger partial charge in [-0.3, -0.25) is 9.59 Å². The summed E-state index contributed by atoms with van der Waals surface area (Å²) in [5.74, 6) is -0.193. The van der Waals surface area contributed by atoms with Gasteiger partial charge in [-0.25, -0.2) is 0 Å². The minimum absolute atomic E-state index is 0.0864. The van der Waals surface area contributed by atoms with Crippen molar-refractivity contribution in [1.29, 1.82) is 0 Å². The largest absolute Gasteiger partial charge is 0.326 e. The molecule has 0 atom stereocenters. The van der Waals surface area contributed by atoms with Crippen molar-refractivity contribution in [3.8, 4) is 0 Å². The molecule has 2 amide bonds. The molecule has 24 heavy (non-hydrogen) atoms. The number of amides is 2. The van der Waals surface area contributed by atoms with E-state index >= 15 is 0 Å². The average Bonchev–Trinajstić information content (AvgIpc) is 2.52. The molecule has 0 aliphatic carbocycles. The molecule has 1 N–H and O–H groups in total. The molecule has 0 unspecified atom stereocenters. The zero-order valence-electron chi connectivity index (χ0n) is 14.1. The Morgan fingerprint density at radius 1 is 1.08 bits per heavy atom. The number of nitrogens with zero attached hydrogens (tertiary/aromatic N) is 1. The van der Waals surface area contributed by atoms with Gasteiger partial charge in [0.25, 0.3) is 0 Å². The van der Waals surface area contributed by atoms with Gasteiger partial charge in [0.05, 0.1) is 0 Å². The summed E-state index contributed by atoms with van der Waals surface area (Å²) in [6.07, 6.45) is 0.239. The van der Waals surface area contributed by atoms with Crippen molar-refractivity contribution in [2.24, 2.45) is 0 Å². The summed E-state index contributed by atoms with van der Waals surface area (Å²) < 4.78 is 0.947. The second-order valence-corrected chi connectivity index (χ2v) is 6.68. The maximum atomic E-state index is 12.2. The Labute approximate surface area is 151 Å². The van der Waals surface area contributed by atoms with E-state index in [4.69, 9.17) is 0 Å². The third kappa shape index (κ3) is 4.93. The molecule has 0 aliphatic heterocycles. The number of anilines is 2. The number of hydrogen-bond donors (Lipinski definition) is 1. The van der Waals surface area contributed by atoms with Crippen LogP contribution in [0.15, 0.2) is 46.9 Å². The summed E-state index contributed by atoms with van der Waals surface area (Å²) >= 11 is 3.38. The third-order valence-electron chi connectivity index (χ3n) is 3.74. The molecule has 4 nitrogen and oxygen atoms in total. The molecular weight excluding hydrogens is 368 g/mol. The van der Waals surface area contributed by atoms with E-state index in [-0.39, 0.29) is 18.2 Å². The van der Waals surface area contributed by atoms with Gasteiger partial charge in [0.15, 0.2) is 0 Å². The Morgan fingerprint density at radius 3 is 2.33 bits per heavy atom. The van der Waals surface area contributed by atoms with Gasteiger partial charge in [0, 0.05) is 35.7 Å². The van der Waals surface area contributed by atoms with E-state index in [0.29, 0.717) is 6.54 Å². The lowest BCUT2D eigenvalue weighted by molar-refractivity contribution is -0.117. The third-order valence-corrected chi connectivity index (χ3v) is 4.27. The molecule has 0 saturated heterocycles. The van der Waals surface area contributed by atoms with Gasteiger partial charge in [0.1, 0.15) is 0 Å². The van der Waals surface area contributed by atoms with Crippen molar-refractivity contribution in [2.45, 2.75) is 27.2 Å². The van der Waals surface area contributed by atoms with Crippen LogP contribution in [0, 0.1) is 13.8 Å². The van der Waals surface area contributed by atoms with E-state index in [2.05, 4.69) is 21.2 Å². The Morgan fingerprint density at radius 2 is 1.75 bits per heavy atom.